The van der Waals surface area contributed by atoms with Gasteiger partial charge in [0, 0.05) is 27.3 Å². The molecular formula is C33H36IN3O. The fourth-order valence-corrected chi connectivity index (χ4v) is 6.02. The van der Waals surface area contributed by atoms with E-state index in [0.29, 0.717) is 11.8 Å². The van der Waals surface area contributed by atoms with Gasteiger partial charge < -0.3 is 5.32 Å². The number of carbonyl (C=O) groups excluding carboxylic acids is 1. The first-order chi connectivity index (χ1) is 18.5. The Morgan fingerprint density at radius 2 is 1.71 bits per heavy atom. The van der Waals surface area contributed by atoms with E-state index < -0.39 is 0 Å². The highest BCUT2D eigenvalue weighted by atomic mass is 127. The first-order valence-corrected chi connectivity index (χ1v) is 14.8. The molecule has 4 aromatic rings. The van der Waals surface area contributed by atoms with Gasteiger partial charge in [0.2, 0.25) is 0 Å². The second kappa shape index (κ2) is 12.4. The maximum Gasteiger partial charge on any atom is 0.251 e. The van der Waals surface area contributed by atoms with Crippen molar-refractivity contribution in [1.29, 1.82) is 0 Å². The Labute approximate surface area is 240 Å². The number of carbonyl (C=O) groups is 1. The second-order valence-corrected chi connectivity index (χ2v) is 11.8. The summed E-state index contributed by atoms with van der Waals surface area (Å²) in [5, 5.41) is 4.43. The van der Waals surface area contributed by atoms with E-state index in [-0.39, 0.29) is 11.9 Å². The van der Waals surface area contributed by atoms with Crippen LogP contribution in [0, 0.1) is 9.49 Å². The average molecular weight is 618 g/mol. The summed E-state index contributed by atoms with van der Waals surface area (Å²) < 4.78 is 1.20. The Bertz CT molecular complexity index is 1360. The number of halogens is 1. The highest BCUT2D eigenvalue weighted by molar-refractivity contribution is 14.1. The Balaban J connectivity index is 1.14. The van der Waals surface area contributed by atoms with Crippen molar-refractivity contribution in [1.82, 2.24) is 15.2 Å². The minimum atomic E-state index is -0.00705. The van der Waals surface area contributed by atoms with Crippen LogP contribution in [0.2, 0.25) is 0 Å². The molecule has 1 saturated heterocycles. The standard InChI is InChI=1S/C33H36IN3O/c1-3-31(27-11-13-30(34)14-12-27)36-33(38)28-9-7-25(8-10-28)23(2)26-16-19-37(20-17-26)22-24-6-15-32-29(21-24)5-4-18-35-32/h4-15,18,21,23,26,31H,3,16-17,19-20,22H2,1-2H3,(H,36,38)/t23?,31-/m1/s1. The van der Waals surface area contributed by atoms with Gasteiger partial charge in [0.15, 0.2) is 0 Å². The summed E-state index contributed by atoms with van der Waals surface area (Å²) in [6.07, 6.45) is 5.11. The minimum absolute atomic E-state index is 0.00705. The Morgan fingerprint density at radius 1 is 1.00 bits per heavy atom. The van der Waals surface area contributed by atoms with Gasteiger partial charge in [-0.25, -0.2) is 0 Å². The number of hydrogen-bond donors (Lipinski definition) is 1. The summed E-state index contributed by atoms with van der Waals surface area (Å²) in [4.78, 5) is 20.0. The van der Waals surface area contributed by atoms with Crippen LogP contribution >= 0.6 is 22.6 Å². The number of fused-ring (bicyclic) bond motifs is 1. The van der Waals surface area contributed by atoms with Crippen molar-refractivity contribution in [2.75, 3.05) is 13.1 Å². The summed E-state index contributed by atoms with van der Waals surface area (Å²) in [5.41, 5.74) is 5.62. The highest BCUT2D eigenvalue weighted by Gasteiger charge is 2.25. The van der Waals surface area contributed by atoms with Crippen molar-refractivity contribution in [2.45, 2.75) is 51.6 Å². The number of aromatic nitrogens is 1. The molecule has 196 valence electrons. The quantitative estimate of drug-likeness (QED) is 0.206. The summed E-state index contributed by atoms with van der Waals surface area (Å²) in [6.45, 7) is 7.69. The lowest BCUT2D eigenvalue weighted by Crippen LogP contribution is -2.34. The molecule has 0 saturated carbocycles. The Hall–Kier alpha value is -2.77. The van der Waals surface area contributed by atoms with E-state index in [1.165, 1.54) is 32.9 Å². The third-order valence-corrected chi connectivity index (χ3v) is 8.82. The topological polar surface area (TPSA) is 45.2 Å². The molecule has 1 unspecified atom stereocenters. The van der Waals surface area contributed by atoms with E-state index in [2.05, 4.69) is 112 Å². The van der Waals surface area contributed by atoms with Crippen molar-refractivity contribution < 1.29 is 4.79 Å². The maximum absolute atomic E-state index is 13.0. The van der Waals surface area contributed by atoms with Crippen LogP contribution in [0.3, 0.4) is 0 Å². The number of benzene rings is 3. The van der Waals surface area contributed by atoms with Crippen molar-refractivity contribution in [3.8, 4) is 0 Å². The molecule has 0 aliphatic carbocycles. The van der Waals surface area contributed by atoms with E-state index in [0.717, 1.165) is 42.7 Å². The normalized spacial score (nSPS) is 16.3. The summed E-state index contributed by atoms with van der Waals surface area (Å²) in [7, 11) is 0. The van der Waals surface area contributed by atoms with Crippen LogP contribution in [-0.2, 0) is 6.54 Å². The van der Waals surface area contributed by atoms with Gasteiger partial charge in [-0.2, -0.15) is 0 Å². The van der Waals surface area contributed by atoms with Crippen LogP contribution in [0.1, 0.15) is 72.1 Å². The molecule has 0 bridgehead atoms. The van der Waals surface area contributed by atoms with Crippen LogP contribution in [-0.4, -0.2) is 28.9 Å². The monoisotopic (exact) mass is 617 g/mol. The van der Waals surface area contributed by atoms with E-state index in [1.54, 1.807) is 0 Å². The molecule has 1 aliphatic rings. The Morgan fingerprint density at radius 3 is 2.42 bits per heavy atom. The number of nitrogens with zero attached hydrogens (tertiary/aromatic N) is 2. The van der Waals surface area contributed by atoms with E-state index in [1.807, 2.05) is 24.4 Å². The molecular weight excluding hydrogens is 581 g/mol. The van der Waals surface area contributed by atoms with Crippen molar-refractivity contribution in [2.24, 2.45) is 5.92 Å². The summed E-state index contributed by atoms with van der Waals surface area (Å²) in [5.74, 6) is 1.14. The molecule has 1 N–H and O–H groups in total. The lowest BCUT2D eigenvalue weighted by Gasteiger charge is -2.35. The fraction of sp³-hybridized carbons (Fsp3) is 0.333. The van der Waals surface area contributed by atoms with Gasteiger partial charge >= 0.3 is 0 Å². The van der Waals surface area contributed by atoms with Crippen molar-refractivity contribution in [3.05, 3.63) is 111 Å². The number of rotatable bonds is 8. The van der Waals surface area contributed by atoms with Crippen LogP contribution < -0.4 is 5.32 Å². The second-order valence-electron chi connectivity index (χ2n) is 10.5. The smallest absolute Gasteiger partial charge is 0.251 e. The molecule has 2 atom stereocenters. The van der Waals surface area contributed by atoms with E-state index in [9.17, 15) is 4.79 Å². The SMILES string of the molecule is CC[C@@H](NC(=O)c1ccc(C(C)C2CCN(Cc3ccc4ncccc4c3)CC2)cc1)c1ccc(I)cc1. The summed E-state index contributed by atoms with van der Waals surface area (Å²) >= 11 is 2.31. The number of amides is 1. The van der Waals surface area contributed by atoms with Gasteiger partial charge in [0.05, 0.1) is 11.6 Å². The highest BCUT2D eigenvalue weighted by Crippen LogP contribution is 2.33. The van der Waals surface area contributed by atoms with Gasteiger partial charge in [-0.15, -0.1) is 0 Å². The zero-order valence-corrected chi connectivity index (χ0v) is 24.4. The molecule has 5 heteroatoms. The fourth-order valence-electron chi connectivity index (χ4n) is 5.66. The summed E-state index contributed by atoms with van der Waals surface area (Å²) in [6, 6.07) is 27.5. The number of pyridine rings is 1. The maximum atomic E-state index is 13.0. The van der Waals surface area contributed by atoms with Crippen LogP contribution in [0.25, 0.3) is 10.9 Å². The predicted octanol–water partition coefficient (Wildman–Crippen LogP) is 7.74. The largest absolute Gasteiger partial charge is 0.345 e. The van der Waals surface area contributed by atoms with Gasteiger partial charge in [0.25, 0.3) is 5.91 Å². The van der Waals surface area contributed by atoms with Gasteiger partial charge in [-0.1, -0.05) is 50.2 Å². The molecule has 1 aromatic heterocycles. The molecule has 1 fully saturated rings. The van der Waals surface area contributed by atoms with Crippen molar-refractivity contribution >= 4 is 39.4 Å². The minimum Gasteiger partial charge on any atom is -0.345 e. The Kier molecular flexibility index (Phi) is 8.75. The molecule has 38 heavy (non-hydrogen) atoms. The van der Waals surface area contributed by atoms with Crippen LogP contribution in [0.5, 0.6) is 0 Å². The molecule has 1 amide bonds. The number of piperidine rings is 1. The first-order valence-electron chi connectivity index (χ1n) is 13.7. The van der Waals surface area contributed by atoms with Crippen LogP contribution in [0.4, 0.5) is 0 Å². The third-order valence-electron chi connectivity index (χ3n) is 8.10. The molecule has 1 aliphatic heterocycles. The number of hydrogen-bond acceptors (Lipinski definition) is 3. The predicted molar refractivity (Wildman–Crippen MR) is 164 cm³/mol. The zero-order chi connectivity index (χ0) is 26.5. The molecule has 0 radical (unpaired) electrons. The van der Waals surface area contributed by atoms with Gasteiger partial charge in [-0.05, 0) is 126 Å². The lowest BCUT2D eigenvalue weighted by atomic mass is 9.81. The number of nitrogens with one attached hydrogen (secondary N) is 1. The zero-order valence-electron chi connectivity index (χ0n) is 22.2. The molecule has 3 aromatic carbocycles. The van der Waals surface area contributed by atoms with Gasteiger partial charge in [0.1, 0.15) is 0 Å². The first kappa shape index (κ1) is 26.8. The van der Waals surface area contributed by atoms with Crippen LogP contribution in [0.15, 0.2) is 85.1 Å². The van der Waals surface area contributed by atoms with Crippen molar-refractivity contribution in [3.63, 3.8) is 0 Å². The number of likely N-dealkylation sites (tertiary alicyclic amines) is 1. The molecule has 5 rings (SSSR count). The third kappa shape index (κ3) is 6.44. The molecule has 4 nitrogen and oxygen atoms in total. The average Bonchev–Trinajstić information content (AvgIpc) is 2.96. The van der Waals surface area contributed by atoms with E-state index >= 15 is 0 Å². The molecule has 0 spiro atoms. The van der Waals surface area contributed by atoms with E-state index in [4.69, 9.17) is 0 Å². The lowest BCUT2D eigenvalue weighted by molar-refractivity contribution is 0.0935. The van der Waals surface area contributed by atoms with Gasteiger partial charge in [-0.3, -0.25) is 14.7 Å². The molecule has 2 heterocycles.